The van der Waals surface area contributed by atoms with E-state index in [-0.39, 0.29) is 16.9 Å². The first-order chi connectivity index (χ1) is 29.2. The number of halogens is 5. The van der Waals surface area contributed by atoms with Crippen LogP contribution >= 0.6 is 0 Å². The molecule has 0 bridgehead atoms. The molecule has 286 valence electrons. The summed E-state index contributed by atoms with van der Waals surface area (Å²) < 4.78 is 83.6. The lowest BCUT2D eigenvalue weighted by Gasteiger charge is -2.23. The lowest BCUT2D eigenvalue weighted by atomic mass is 9.97. The molecule has 60 heavy (non-hydrogen) atoms. The van der Waals surface area contributed by atoms with Crippen molar-refractivity contribution in [2.24, 2.45) is 0 Å². The molecule has 0 atom stereocenters. The Bertz CT molecular complexity index is 3270. The van der Waals surface area contributed by atoms with Crippen LogP contribution < -0.4 is 0 Å². The van der Waals surface area contributed by atoms with E-state index in [0.29, 0.717) is 77.0 Å². The molecule has 0 aliphatic rings. The number of para-hydroxylation sites is 2. The molecule has 0 saturated carbocycles. The molecule has 9 heteroatoms. The summed E-state index contributed by atoms with van der Waals surface area (Å²) in [7, 11) is 0. The van der Waals surface area contributed by atoms with Crippen LogP contribution in [0, 0.1) is 34.3 Å². The summed E-state index contributed by atoms with van der Waals surface area (Å²) in [5, 5.41) is 22.3. The second kappa shape index (κ2) is 13.8. The molecule has 0 fully saturated rings. The monoisotopic (exact) mass is 790 g/mol. The highest BCUT2D eigenvalue weighted by Crippen LogP contribution is 2.47. The van der Waals surface area contributed by atoms with Gasteiger partial charge in [0.05, 0.1) is 62.3 Å². The van der Waals surface area contributed by atoms with Crippen molar-refractivity contribution in [3.8, 4) is 56.9 Å². The van der Waals surface area contributed by atoms with Gasteiger partial charge in [0.15, 0.2) is 0 Å². The molecule has 8 aromatic carbocycles. The number of nitrogens with zero attached hydrogens (tertiary/aromatic N) is 4. The van der Waals surface area contributed by atoms with E-state index in [4.69, 9.17) is 0 Å². The largest absolute Gasteiger partial charge is 0.420 e. The van der Waals surface area contributed by atoms with Gasteiger partial charge in [0.2, 0.25) is 0 Å². The van der Waals surface area contributed by atoms with Crippen molar-refractivity contribution < 1.29 is 22.0 Å². The van der Waals surface area contributed by atoms with Crippen molar-refractivity contribution in [2.45, 2.75) is 6.18 Å². The summed E-state index contributed by atoms with van der Waals surface area (Å²) in [6.07, 6.45) is -5.00. The molecule has 0 aliphatic heterocycles. The number of nitriles is 2. The molecule has 10 rings (SSSR count). The fraction of sp³-hybridized carbons (Fsp3) is 0.0196. The number of alkyl halides is 3. The van der Waals surface area contributed by atoms with Crippen molar-refractivity contribution in [3.05, 3.63) is 192 Å². The molecular weight excluding hydrogens is 764 g/mol. The summed E-state index contributed by atoms with van der Waals surface area (Å²) >= 11 is 0. The average Bonchev–Trinajstić information content (AvgIpc) is 3.77. The number of fused-ring (bicyclic) bond motifs is 6. The van der Waals surface area contributed by atoms with Gasteiger partial charge in [0, 0.05) is 21.5 Å². The number of rotatable bonds is 5. The molecule has 2 heterocycles. The summed E-state index contributed by atoms with van der Waals surface area (Å²) in [4.78, 5) is 0. The molecule has 0 saturated heterocycles. The SMILES string of the molecule is N#Cc1ccccc1-c1ccc2c(c1)c1ccccc1n2-c1cc(-c2c(F)cccc2F)cc(-n2c3ccccc3c3cc(-c4ccccc4C#N)ccc32)c1C(F)(F)F. The first-order valence-corrected chi connectivity index (χ1v) is 18.9. The third kappa shape index (κ3) is 5.63. The molecule has 0 aliphatic carbocycles. The van der Waals surface area contributed by atoms with E-state index >= 15 is 22.0 Å². The lowest BCUT2D eigenvalue weighted by molar-refractivity contribution is -0.137. The highest BCUT2D eigenvalue weighted by molar-refractivity contribution is 6.12. The van der Waals surface area contributed by atoms with Gasteiger partial charge in [-0.15, -0.1) is 0 Å². The van der Waals surface area contributed by atoms with E-state index < -0.39 is 28.9 Å². The van der Waals surface area contributed by atoms with Crippen molar-refractivity contribution in [3.63, 3.8) is 0 Å². The fourth-order valence-electron chi connectivity index (χ4n) is 8.64. The number of hydrogen-bond donors (Lipinski definition) is 0. The molecule has 0 radical (unpaired) electrons. The van der Waals surface area contributed by atoms with Gasteiger partial charge in [-0.2, -0.15) is 23.7 Å². The predicted molar refractivity (Wildman–Crippen MR) is 226 cm³/mol. The van der Waals surface area contributed by atoms with E-state index in [1.165, 1.54) is 27.3 Å². The quantitative estimate of drug-likeness (QED) is 0.163. The summed E-state index contributed by atoms with van der Waals surface area (Å²) in [5.74, 6) is -1.87. The van der Waals surface area contributed by atoms with Crippen LogP contribution in [-0.2, 0) is 6.18 Å². The Morgan fingerprint density at radius 2 is 0.833 bits per heavy atom. The van der Waals surface area contributed by atoms with Crippen molar-refractivity contribution in [1.82, 2.24) is 9.13 Å². The van der Waals surface area contributed by atoms with E-state index in [1.54, 1.807) is 84.9 Å². The Balaban J connectivity index is 1.34. The maximum Gasteiger partial charge on any atom is 0.420 e. The lowest BCUT2D eigenvalue weighted by Crippen LogP contribution is -2.16. The van der Waals surface area contributed by atoms with Crippen LogP contribution in [0.25, 0.3) is 88.4 Å². The van der Waals surface area contributed by atoms with E-state index in [9.17, 15) is 10.5 Å². The van der Waals surface area contributed by atoms with Crippen LogP contribution in [0.5, 0.6) is 0 Å². The summed E-state index contributed by atoms with van der Waals surface area (Å²) in [5.41, 5.74) is 3.05. The zero-order valence-corrected chi connectivity index (χ0v) is 31.3. The topological polar surface area (TPSA) is 57.4 Å². The normalized spacial score (nSPS) is 11.7. The Hall–Kier alpha value is -8.01. The number of benzene rings is 8. The Labute approximate surface area is 339 Å². The third-order valence-electron chi connectivity index (χ3n) is 11.2. The van der Waals surface area contributed by atoms with Gasteiger partial charge in [-0.25, -0.2) is 8.78 Å². The average molecular weight is 791 g/mol. The first kappa shape index (κ1) is 36.3. The molecule has 2 aromatic heterocycles. The zero-order chi connectivity index (χ0) is 41.3. The van der Waals surface area contributed by atoms with Gasteiger partial charge in [-0.1, -0.05) is 91.0 Å². The molecule has 0 amide bonds. The van der Waals surface area contributed by atoms with Gasteiger partial charge in [0.25, 0.3) is 0 Å². The van der Waals surface area contributed by atoms with Gasteiger partial charge in [-0.05, 0) is 101 Å². The van der Waals surface area contributed by atoms with Gasteiger partial charge in [0.1, 0.15) is 17.2 Å². The van der Waals surface area contributed by atoms with Crippen molar-refractivity contribution in [1.29, 1.82) is 10.5 Å². The van der Waals surface area contributed by atoms with Gasteiger partial charge < -0.3 is 9.13 Å². The number of hydrogen-bond acceptors (Lipinski definition) is 2. The van der Waals surface area contributed by atoms with Crippen LogP contribution in [0.15, 0.2) is 164 Å². The first-order valence-electron chi connectivity index (χ1n) is 18.9. The fourth-order valence-corrected chi connectivity index (χ4v) is 8.64. The smallest absolute Gasteiger partial charge is 0.309 e. The minimum absolute atomic E-state index is 0.0976. The maximum absolute atomic E-state index is 16.3. The van der Waals surface area contributed by atoms with Crippen molar-refractivity contribution >= 4 is 43.6 Å². The van der Waals surface area contributed by atoms with Crippen LogP contribution in [0.1, 0.15) is 16.7 Å². The molecule has 0 spiro atoms. The standard InChI is InChI=1S/C51H27F5N4/c52-41-16-9-17-42(53)49(41)34-26-47(59-43-18-7-5-14-37(43)39-24-30(20-22-45(39)59)35-12-3-1-10-32(35)28-57)50(51(54,55)56)48(27-34)60-44-19-8-6-15-38(44)40-25-31(21-23-46(40)60)36-13-4-2-11-33(36)29-58/h1-27H. The second-order valence-corrected chi connectivity index (χ2v) is 14.5. The molecular formula is C51H27F5N4. The van der Waals surface area contributed by atoms with E-state index in [2.05, 4.69) is 12.1 Å². The Kier molecular flexibility index (Phi) is 8.38. The summed E-state index contributed by atoms with van der Waals surface area (Å²) in [6, 6.07) is 49.2. The van der Waals surface area contributed by atoms with Gasteiger partial charge in [-0.3, -0.25) is 0 Å². The maximum atomic E-state index is 16.3. The molecule has 0 N–H and O–H groups in total. The van der Waals surface area contributed by atoms with Crippen LogP contribution in [0.3, 0.4) is 0 Å². The van der Waals surface area contributed by atoms with E-state index in [0.717, 1.165) is 12.1 Å². The Morgan fingerprint density at radius 3 is 1.28 bits per heavy atom. The van der Waals surface area contributed by atoms with Gasteiger partial charge >= 0.3 is 6.18 Å². The highest BCUT2D eigenvalue weighted by atomic mass is 19.4. The van der Waals surface area contributed by atoms with Crippen LogP contribution in [0.2, 0.25) is 0 Å². The van der Waals surface area contributed by atoms with E-state index in [1.807, 2.05) is 48.5 Å². The minimum atomic E-state index is -5.00. The summed E-state index contributed by atoms with van der Waals surface area (Å²) in [6.45, 7) is 0. The third-order valence-corrected chi connectivity index (χ3v) is 11.2. The number of aromatic nitrogens is 2. The van der Waals surface area contributed by atoms with Crippen molar-refractivity contribution in [2.75, 3.05) is 0 Å². The minimum Gasteiger partial charge on any atom is -0.309 e. The second-order valence-electron chi connectivity index (χ2n) is 14.5. The van der Waals surface area contributed by atoms with Crippen LogP contribution in [0.4, 0.5) is 22.0 Å². The molecule has 0 unspecified atom stereocenters. The molecule has 10 aromatic rings. The highest BCUT2D eigenvalue weighted by Gasteiger charge is 2.40. The Morgan fingerprint density at radius 1 is 0.417 bits per heavy atom. The molecule has 4 nitrogen and oxygen atoms in total. The van der Waals surface area contributed by atoms with Crippen LogP contribution in [-0.4, -0.2) is 9.13 Å². The predicted octanol–water partition coefficient (Wildman–Crippen LogP) is 13.9. The zero-order valence-electron chi connectivity index (χ0n) is 31.3.